The van der Waals surface area contributed by atoms with Crippen molar-refractivity contribution >= 4 is 0 Å². The zero-order chi connectivity index (χ0) is 7.40. The molecule has 0 spiro atoms. The van der Waals surface area contributed by atoms with Gasteiger partial charge in [-0.1, -0.05) is 22.7 Å². The Bertz CT molecular complexity index is 195. The van der Waals surface area contributed by atoms with Crippen LogP contribution in [0.3, 0.4) is 0 Å². The van der Waals surface area contributed by atoms with E-state index in [0.29, 0.717) is 5.75 Å². The quantitative estimate of drug-likeness (QED) is 0.494. The molecule has 0 saturated heterocycles. The summed E-state index contributed by atoms with van der Waals surface area (Å²) >= 11 is 0. The summed E-state index contributed by atoms with van der Waals surface area (Å²) in [7, 11) is 0. The van der Waals surface area contributed by atoms with Gasteiger partial charge in [0, 0.05) is 0 Å². The zero-order valence-corrected chi connectivity index (χ0v) is 5.70. The van der Waals surface area contributed by atoms with Crippen LogP contribution in [0.4, 0.5) is 0 Å². The molecule has 0 aliphatic rings. The molecular weight excluding hydrogens is 130 g/mol. The van der Waals surface area contributed by atoms with Crippen molar-refractivity contribution in [3.05, 3.63) is 29.8 Å². The van der Waals surface area contributed by atoms with Crippen molar-refractivity contribution in [2.24, 2.45) is 5.90 Å². The van der Waals surface area contributed by atoms with Gasteiger partial charge in [0.2, 0.25) is 0 Å². The Morgan fingerprint density at radius 2 is 1.80 bits per heavy atom. The summed E-state index contributed by atoms with van der Waals surface area (Å²) in [5.41, 5.74) is 1.17. The largest absolute Gasteiger partial charge is 0.320 e. The van der Waals surface area contributed by atoms with Crippen LogP contribution in [0.5, 0.6) is 5.75 Å². The molecule has 1 aromatic carbocycles. The van der Waals surface area contributed by atoms with Gasteiger partial charge in [-0.05, 0) is 19.1 Å². The van der Waals surface area contributed by atoms with Gasteiger partial charge in [0.15, 0.2) is 5.75 Å². The molecule has 2 N–H and O–H groups in total. The molecule has 3 heteroatoms. The van der Waals surface area contributed by atoms with Crippen molar-refractivity contribution in [1.29, 1.82) is 0 Å². The lowest BCUT2D eigenvalue weighted by Gasteiger charge is -1.98. The molecular formula is C7H9NO2. The van der Waals surface area contributed by atoms with Gasteiger partial charge in [-0.15, -0.1) is 0 Å². The number of rotatable bonds is 2. The predicted octanol–water partition coefficient (Wildman–Crippen LogP) is 1.18. The molecule has 0 unspecified atom stereocenters. The first-order valence-corrected chi connectivity index (χ1v) is 2.93. The van der Waals surface area contributed by atoms with Crippen molar-refractivity contribution in [3.63, 3.8) is 0 Å². The number of benzene rings is 1. The maximum Gasteiger partial charge on any atom is 0.167 e. The molecule has 0 aliphatic heterocycles. The molecule has 3 nitrogen and oxygen atoms in total. The van der Waals surface area contributed by atoms with Crippen molar-refractivity contribution in [2.75, 3.05) is 0 Å². The van der Waals surface area contributed by atoms with E-state index in [1.54, 1.807) is 12.1 Å². The molecule has 0 bridgehead atoms. The number of aryl methyl sites for hydroxylation is 1. The molecule has 0 aromatic heterocycles. The third kappa shape index (κ3) is 1.72. The molecule has 0 saturated carbocycles. The fourth-order valence-corrected chi connectivity index (χ4v) is 0.649. The highest BCUT2D eigenvalue weighted by molar-refractivity contribution is 5.25. The molecule has 1 aromatic rings. The second-order valence-electron chi connectivity index (χ2n) is 1.99. The van der Waals surface area contributed by atoms with Gasteiger partial charge in [0.25, 0.3) is 0 Å². The maximum absolute atomic E-state index is 4.68. The summed E-state index contributed by atoms with van der Waals surface area (Å²) in [6.07, 6.45) is 0. The third-order valence-corrected chi connectivity index (χ3v) is 1.17. The Balaban J connectivity index is 2.69. The highest BCUT2D eigenvalue weighted by atomic mass is 17.3. The first-order valence-electron chi connectivity index (χ1n) is 2.93. The molecule has 0 heterocycles. The first-order chi connectivity index (χ1) is 4.83. The number of hydrogen-bond acceptors (Lipinski definition) is 3. The van der Waals surface area contributed by atoms with Crippen LogP contribution in [0, 0.1) is 6.92 Å². The second-order valence-corrected chi connectivity index (χ2v) is 1.99. The fraction of sp³-hybridized carbons (Fsp3) is 0.143. The van der Waals surface area contributed by atoms with Gasteiger partial charge < -0.3 is 4.89 Å². The second kappa shape index (κ2) is 3.20. The van der Waals surface area contributed by atoms with Crippen molar-refractivity contribution < 1.29 is 9.88 Å². The summed E-state index contributed by atoms with van der Waals surface area (Å²) < 4.78 is 0. The van der Waals surface area contributed by atoms with Gasteiger partial charge in [-0.3, -0.25) is 0 Å². The van der Waals surface area contributed by atoms with E-state index in [2.05, 4.69) is 15.8 Å². The van der Waals surface area contributed by atoms with Crippen LogP contribution in [0.25, 0.3) is 0 Å². The van der Waals surface area contributed by atoms with Crippen LogP contribution < -0.4 is 10.8 Å². The summed E-state index contributed by atoms with van der Waals surface area (Å²) in [5, 5.41) is 0. The predicted molar refractivity (Wildman–Crippen MR) is 37.1 cm³/mol. The van der Waals surface area contributed by atoms with Crippen LogP contribution in [0.2, 0.25) is 0 Å². The Hall–Kier alpha value is -1.06. The molecule has 0 fully saturated rings. The number of nitrogens with two attached hydrogens (primary N) is 1. The van der Waals surface area contributed by atoms with Crippen molar-refractivity contribution in [2.45, 2.75) is 6.92 Å². The standard InChI is InChI=1S/C7H9NO2/c1-6-2-4-7(5-3-6)9-10-8/h2-5H,8H2,1H3. The molecule has 0 amide bonds. The first kappa shape index (κ1) is 7.05. The van der Waals surface area contributed by atoms with E-state index in [-0.39, 0.29) is 0 Å². The van der Waals surface area contributed by atoms with E-state index in [1.807, 2.05) is 19.1 Å². The lowest BCUT2D eigenvalue weighted by Crippen LogP contribution is -2.02. The summed E-state index contributed by atoms with van der Waals surface area (Å²) in [6, 6.07) is 7.38. The lowest BCUT2D eigenvalue weighted by molar-refractivity contribution is -0.211. The Morgan fingerprint density at radius 3 is 2.30 bits per heavy atom. The highest BCUT2D eigenvalue weighted by Gasteiger charge is 1.89. The van der Waals surface area contributed by atoms with E-state index in [0.717, 1.165) is 0 Å². The normalized spacial score (nSPS) is 9.40. The van der Waals surface area contributed by atoms with E-state index < -0.39 is 0 Å². The minimum Gasteiger partial charge on any atom is -0.320 e. The summed E-state index contributed by atoms with van der Waals surface area (Å²) in [5.74, 6) is 5.28. The molecule has 1 rings (SSSR count). The van der Waals surface area contributed by atoms with E-state index >= 15 is 0 Å². The van der Waals surface area contributed by atoms with Gasteiger partial charge in [0.05, 0.1) is 0 Å². The van der Waals surface area contributed by atoms with Gasteiger partial charge >= 0.3 is 0 Å². The summed E-state index contributed by atoms with van der Waals surface area (Å²) in [4.78, 5) is 8.51. The van der Waals surface area contributed by atoms with Gasteiger partial charge in [-0.2, -0.15) is 5.90 Å². The van der Waals surface area contributed by atoms with Crippen LogP contribution in [0.1, 0.15) is 5.56 Å². The minimum atomic E-state index is 0.605. The van der Waals surface area contributed by atoms with Crippen molar-refractivity contribution in [3.8, 4) is 5.75 Å². The molecule has 0 aliphatic carbocycles. The number of hydrogen-bond donors (Lipinski definition) is 1. The zero-order valence-electron chi connectivity index (χ0n) is 5.70. The van der Waals surface area contributed by atoms with Crippen LogP contribution in [-0.2, 0) is 4.99 Å². The maximum atomic E-state index is 4.68. The Kier molecular flexibility index (Phi) is 2.25. The Labute approximate surface area is 59.2 Å². The summed E-state index contributed by atoms with van der Waals surface area (Å²) in [6.45, 7) is 1.99. The topological polar surface area (TPSA) is 44.5 Å². The van der Waals surface area contributed by atoms with E-state index in [9.17, 15) is 0 Å². The van der Waals surface area contributed by atoms with Gasteiger partial charge in [-0.25, -0.2) is 0 Å². The Morgan fingerprint density at radius 1 is 1.20 bits per heavy atom. The highest BCUT2D eigenvalue weighted by Crippen LogP contribution is 2.10. The molecule has 10 heavy (non-hydrogen) atoms. The average molecular weight is 139 g/mol. The average Bonchev–Trinajstić information content (AvgIpc) is 1.95. The van der Waals surface area contributed by atoms with Crippen LogP contribution >= 0.6 is 0 Å². The molecule has 54 valence electrons. The van der Waals surface area contributed by atoms with Gasteiger partial charge in [0.1, 0.15) is 0 Å². The smallest absolute Gasteiger partial charge is 0.167 e. The van der Waals surface area contributed by atoms with E-state index in [1.165, 1.54) is 5.56 Å². The van der Waals surface area contributed by atoms with E-state index in [4.69, 9.17) is 0 Å². The van der Waals surface area contributed by atoms with Crippen LogP contribution in [0.15, 0.2) is 24.3 Å². The monoisotopic (exact) mass is 139 g/mol. The molecule has 0 atom stereocenters. The minimum absolute atomic E-state index is 0.605. The lowest BCUT2D eigenvalue weighted by atomic mass is 10.2. The van der Waals surface area contributed by atoms with Crippen molar-refractivity contribution in [1.82, 2.24) is 0 Å². The molecule has 0 radical (unpaired) electrons. The fourth-order valence-electron chi connectivity index (χ4n) is 0.649. The third-order valence-electron chi connectivity index (χ3n) is 1.17. The van der Waals surface area contributed by atoms with Crippen LogP contribution in [-0.4, -0.2) is 0 Å². The SMILES string of the molecule is Cc1ccc(OON)cc1.